The second kappa shape index (κ2) is 6.54. The Morgan fingerprint density at radius 3 is 2.05 bits per heavy atom. The van der Waals surface area contributed by atoms with E-state index < -0.39 is 0 Å². The van der Waals surface area contributed by atoms with Gasteiger partial charge in [-0.15, -0.1) is 0 Å². The van der Waals surface area contributed by atoms with E-state index in [1.54, 1.807) is 27.6 Å². The molecule has 0 bridgehead atoms. The molecule has 0 radical (unpaired) electrons. The van der Waals surface area contributed by atoms with Crippen LogP contribution in [0.4, 0.5) is 0 Å². The average Bonchev–Trinajstić information content (AvgIpc) is 2.94. The molecule has 0 spiro atoms. The maximum Gasteiger partial charge on any atom is 0.131 e. The Morgan fingerprint density at radius 1 is 1.05 bits per heavy atom. The van der Waals surface area contributed by atoms with Crippen LogP contribution in [0.5, 0.6) is 17.2 Å². The SMILES string of the molecule is CNC(c1ccoc1C)c1c(OC)cc(OC)cc1OC. The minimum Gasteiger partial charge on any atom is -0.496 e. The molecule has 1 unspecified atom stereocenters. The zero-order chi connectivity index (χ0) is 15.4. The van der Waals surface area contributed by atoms with Gasteiger partial charge in [-0.3, -0.25) is 0 Å². The van der Waals surface area contributed by atoms with E-state index in [9.17, 15) is 0 Å². The van der Waals surface area contributed by atoms with Gasteiger partial charge in [-0.05, 0) is 20.0 Å². The topological polar surface area (TPSA) is 52.9 Å². The van der Waals surface area contributed by atoms with Gasteiger partial charge in [-0.25, -0.2) is 0 Å². The Balaban J connectivity index is 2.62. The molecule has 1 aromatic heterocycles. The lowest BCUT2D eigenvalue weighted by molar-refractivity contribution is 0.363. The van der Waals surface area contributed by atoms with Crippen molar-refractivity contribution in [3.63, 3.8) is 0 Å². The fourth-order valence-electron chi connectivity index (χ4n) is 2.47. The van der Waals surface area contributed by atoms with Crippen molar-refractivity contribution in [1.82, 2.24) is 5.32 Å². The fourth-order valence-corrected chi connectivity index (χ4v) is 2.47. The quantitative estimate of drug-likeness (QED) is 0.887. The van der Waals surface area contributed by atoms with Crippen LogP contribution in [0.1, 0.15) is 22.9 Å². The summed E-state index contributed by atoms with van der Waals surface area (Å²) in [5.41, 5.74) is 1.95. The zero-order valence-corrected chi connectivity index (χ0v) is 13.0. The molecule has 21 heavy (non-hydrogen) atoms. The predicted octanol–water partition coefficient (Wildman–Crippen LogP) is 2.92. The lowest BCUT2D eigenvalue weighted by atomic mass is 9.97. The van der Waals surface area contributed by atoms with Crippen LogP contribution in [-0.4, -0.2) is 28.4 Å². The Morgan fingerprint density at radius 2 is 1.67 bits per heavy atom. The second-order valence-corrected chi connectivity index (χ2v) is 4.60. The normalized spacial score (nSPS) is 12.0. The van der Waals surface area contributed by atoms with Gasteiger partial charge < -0.3 is 23.9 Å². The molecule has 1 atom stereocenters. The number of benzene rings is 1. The van der Waals surface area contributed by atoms with Crippen molar-refractivity contribution in [3.05, 3.63) is 41.3 Å². The summed E-state index contributed by atoms with van der Waals surface area (Å²) >= 11 is 0. The Labute approximate surface area is 124 Å². The van der Waals surface area contributed by atoms with Crippen molar-refractivity contribution in [2.75, 3.05) is 28.4 Å². The molecule has 114 valence electrons. The predicted molar refractivity (Wildman–Crippen MR) is 80.4 cm³/mol. The van der Waals surface area contributed by atoms with Crippen molar-refractivity contribution in [2.45, 2.75) is 13.0 Å². The van der Waals surface area contributed by atoms with Gasteiger partial charge in [0, 0.05) is 17.7 Å². The average molecular weight is 291 g/mol. The first kappa shape index (κ1) is 15.3. The highest BCUT2D eigenvalue weighted by molar-refractivity contribution is 5.55. The Kier molecular flexibility index (Phi) is 4.75. The van der Waals surface area contributed by atoms with Crippen LogP contribution in [0.25, 0.3) is 0 Å². The summed E-state index contributed by atoms with van der Waals surface area (Å²) in [6.45, 7) is 1.93. The molecule has 0 aliphatic heterocycles. The molecule has 0 saturated heterocycles. The Bertz CT molecular complexity index is 581. The van der Waals surface area contributed by atoms with Crippen molar-refractivity contribution < 1.29 is 18.6 Å². The summed E-state index contributed by atoms with van der Waals surface area (Å²) in [7, 11) is 6.77. The van der Waals surface area contributed by atoms with Crippen LogP contribution in [0.2, 0.25) is 0 Å². The third kappa shape index (κ3) is 2.83. The molecule has 0 aliphatic rings. The van der Waals surface area contributed by atoms with E-state index in [0.29, 0.717) is 17.2 Å². The highest BCUT2D eigenvalue weighted by atomic mass is 16.5. The number of furan rings is 1. The molecule has 2 rings (SSSR count). The van der Waals surface area contributed by atoms with E-state index >= 15 is 0 Å². The Hall–Kier alpha value is -2.14. The molecule has 0 saturated carbocycles. The van der Waals surface area contributed by atoms with Gasteiger partial charge in [-0.2, -0.15) is 0 Å². The minimum absolute atomic E-state index is 0.0976. The zero-order valence-electron chi connectivity index (χ0n) is 13.0. The number of methoxy groups -OCH3 is 3. The summed E-state index contributed by atoms with van der Waals surface area (Å²) in [4.78, 5) is 0. The summed E-state index contributed by atoms with van der Waals surface area (Å²) in [6, 6.07) is 5.54. The lowest BCUT2D eigenvalue weighted by Gasteiger charge is -2.22. The third-order valence-electron chi connectivity index (χ3n) is 3.54. The molecule has 2 aromatic rings. The first-order valence-electron chi connectivity index (χ1n) is 6.67. The van der Waals surface area contributed by atoms with Gasteiger partial charge in [0.15, 0.2) is 0 Å². The number of rotatable bonds is 6. The third-order valence-corrected chi connectivity index (χ3v) is 3.54. The van der Waals surface area contributed by atoms with Crippen LogP contribution in [0.15, 0.2) is 28.9 Å². The number of ether oxygens (including phenoxy) is 3. The van der Waals surface area contributed by atoms with Crippen molar-refractivity contribution in [2.24, 2.45) is 0 Å². The van der Waals surface area contributed by atoms with Crippen LogP contribution >= 0.6 is 0 Å². The maximum absolute atomic E-state index is 5.52. The first-order valence-corrected chi connectivity index (χ1v) is 6.67. The highest BCUT2D eigenvalue weighted by Gasteiger charge is 2.25. The smallest absolute Gasteiger partial charge is 0.131 e. The van der Waals surface area contributed by atoms with Crippen LogP contribution in [-0.2, 0) is 0 Å². The molecule has 0 fully saturated rings. The fraction of sp³-hybridized carbons (Fsp3) is 0.375. The van der Waals surface area contributed by atoms with Crippen molar-refractivity contribution >= 4 is 0 Å². The van der Waals surface area contributed by atoms with Crippen molar-refractivity contribution in [1.29, 1.82) is 0 Å². The van der Waals surface area contributed by atoms with Crippen LogP contribution in [0.3, 0.4) is 0 Å². The molecule has 1 aromatic carbocycles. The number of aryl methyl sites for hydroxylation is 1. The molecule has 5 nitrogen and oxygen atoms in total. The van der Waals surface area contributed by atoms with Gasteiger partial charge in [0.1, 0.15) is 23.0 Å². The lowest BCUT2D eigenvalue weighted by Crippen LogP contribution is -2.19. The van der Waals surface area contributed by atoms with E-state index in [-0.39, 0.29) is 6.04 Å². The molecular weight excluding hydrogens is 270 g/mol. The van der Waals surface area contributed by atoms with Gasteiger partial charge in [0.05, 0.1) is 39.2 Å². The van der Waals surface area contributed by atoms with Gasteiger partial charge in [-0.1, -0.05) is 0 Å². The molecule has 1 N–H and O–H groups in total. The first-order chi connectivity index (χ1) is 10.2. The summed E-state index contributed by atoms with van der Waals surface area (Å²) in [5.74, 6) is 2.94. The van der Waals surface area contributed by atoms with E-state index in [4.69, 9.17) is 18.6 Å². The second-order valence-electron chi connectivity index (χ2n) is 4.60. The summed E-state index contributed by atoms with van der Waals surface area (Å²) in [5, 5.41) is 3.29. The molecular formula is C16H21NO4. The van der Waals surface area contributed by atoms with Gasteiger partial charge >= 0.3 is 0 Å². The van der Waals surface area contributed by atoms with E-state index in [1.807, 2.05) is 32.2 Å². The summed E-state index contributed by atoms with van der Waals surface area (Å²) in [6.07, 6.45) is 1.68. The van der Waals surface area contributed by atoms with E-state index in [0.717, 1.165) is 16.9 Å². The van der Waals surface area contributed by atoms with Gasteiger partial charge in [0.25, 0.3) is 0 Å². The minimum atomic E-state index is -0.0976. The molecule has 5 heteroatoms. The monoisotopic (exact) mass is 291 g/mol. The molecule has 0 aliphatic carbocycles. The van der Waals surface area contributed by atoms with Crippen molar-refractivity contribution in [3.8, 4) is 17.2 Å². The maximum atomic E-state index is 5.52. The largest absolute Gasteiger partial charge is 0.496 e. The molecule has 1 heterocycles. The number of nitrogens with one attached hydrogen (secondary N) is 1. The van der Waals surface area contributed by atoms with Gasteiger partial charge in [0.2, 0.25) is 0 Å². The van der Waals surface area contributed by atoms with Crippen LogP contribution in [0, 0.1) is 6.92 Å². The summed E-state index contributed by atoms with van der Waals surface area (Å²) < 4.78 is 21.7. The highest BCUT2D eigenvalue weighted by Crippen LogP contribution is 2.41. The van der Waals surface area contributed by atoms with E-state index in [1.165, 1.54) is 0 Å². The standard InChI is InChI=1S/C16H21NO4/c1-10-12(6-7-21-10)16(17-2)15-13(19-4)8-11(18-3)9-14(15)20-5/h6-9,16-17H,1-5H3. The van der Waals surface area contributed by atoms with Crippen LogP contribution < -0.4 is 19.5 Å². The number of hydrogen-bond donors (Lipinski definition) is 1. The number of hydrogen-bond acceptors (Lipinski definition) is 5. The van der Waals surface area contributed by atoms with E-state index in [2.05, 4.69) is 5.32 Å². The molecule has 0 amide bonds.